The molecule has 2 aromatic heterocycles. The maximum atomic E-state index is 5.94. The van der Waals surface area contributed by atoms with E-state index in [4.69, 9.17) is 4.74 Å². The van der Waals surface area contributed by atoms with Crippen LogP contribution in [0, 0.1) is 13.8 Å². The number of hydrogen-bond acceptors (Lipinski definition) is 5. The van der Waals surface area contributed by atoms with Crippen LogP contribution in [0.4, 0.5) is 5.82 Å². The molecule has 0 amide bonds. The lowest BCUT2D eigenvalue weighted by atomic mass is 10.1. The van der Waals surface area contributed by atoms with Gasteiger partial charge in [0.05, 0.1) is 18.0 Å². The molecule has 124 valence electrons. The Balaban J connectivity index is 1.73. The van der Waals surface area contributed by atoms with Gasteiger partial charge in [-0.3, -0.25) is 9.58 Å². The Labute approximate surface area is 137 Å². The fourth-order valence-electron chi connectivity index (χ4n) is 3.07. The second-order valence-electron chi connectivity index (χ2n) is 6.07. The molecule has 0 unspecified atom stereocenters. The molecule has 23 heavy (non-hydrogen) atoms. The fourth-order valence-corrected chi connectivity index (χ4v) is 3.07. The van der Waals surface area contributed by atoms with E-state index in [-0.39, 0.29) is 6.10 Å². The summed E-state index contributed by atoms with van der Waals surface area (Å²) in [4.78, 5) is 7.05. The summed E-state index contributed by atoms with van der Waals surface area (Å²) in [5, 5.41) is 7.60. The molecule has 0 aliphatic carbocycles. The normalized spacial score (nSPS) is 19.0. The minimum atomic E-state index is 0.0225. The van der Waals surface area contributed by atoms with Crippen LogP contribution in [0.3, 0.4) is 0 Å². The van der Waals surface area contributed by atoms with E-state index in [1.807, 2.05) is 37.0 Å². The van der Waals surface area contributed by atoms with Gasteiger partial charge in [0.1, 0.15) is 11.9 Å². The zero-order valence-electron chi connectivity index (χ0n) is 14.3. The topological polar surface area (TPSA) is 55.2 Å². The molecule has 3 rings (SSSR count). The predicted molar refractivity (Wildman–Crippen MR) is 90.4 cm³/mol. The minimum Gasteiger partial charge on any atom is -0.373 e. The highest BCUT2D eigenvalue weighted by Gasteiger charge is 2.24. The highest BCUT2D eigenvalue weighted by Crippen LogP contribution is 2.24. The zero-order valence-corrected chi connectivity index (χ0v) is 14.3. The summed E-state index contributed by atoms with van der Waals surface area (Å²) in [6.45, 7) is 7.65. The van der Waals surface area contributed by atoms with E-state index in [0.29, 0.717) is 0 Å². The molecule has 1 aliphatic heterocycles. The summed E-state index contributed by atoms with van der Waals surface area (Å²) in [6, 6.07) is 6.02. The number of hydrogen-bond donors (Lipinski definition) is 1. The fraction of sp³-hybridized carbons (Fsp3) is 0.529. The molecule has 6 nitrogen and oxygen atoms in total. The second-order valence-corrected chi connectivity index (χ2v) is 6.07. The largest absolute Gasteiger partial charge is 0.373 e. The highest BCUT2D eigenvalue weighted by atomic mass is 16.5. The van der Waals surface area contributed by atoms with Crippen molar-refractivity contribution in [3.8, 4) is 0 Å². The molecule has 0 radical (unpaired) electrons. The van der Waals surface area contributed by atoms with Crippen LogP contribution in [0.1, 0.15) is 28.7 Å². The molecule has 1 N–H and O–H groups in total. The van der Waals surface area contributed by atoms with E-state index in [1.54, 1.807) is 0 Å². The number of aromatic nitrogens is 3. The van der Waals surface area contributed by atoms with Crippen LogP contribution in [0.5, 0.6) is 0 Å². The van der Waals surface area contributed by atoms with Gasteiger partial charge in [-0.15, -0.1) is 0 Å². The van der Waals surface area contributed by atoms with Gasteiger partial charge in [0.2, 0.25) is 0 Å². The first-order chi connectivity index (χ1) is 11.1. The van der Waals surface area contributed by atoms with Gasteiger partial charge in [0.15, 0.2) is 0 Å². The van der Waals surface area contributed by atoms with Crippen LogP contribution >= 0.6 is 0 Å². The van der Waals surface area contributed by atoms with Crippen molar-refractivity contribution in [3.05, 3.63) is 40.8 Å². The summed E-state index contributed by atoms with van der Waals surface area (Å²) in [6.07, 6.45) is 0.0225. The minimum absolute atomic E-state index is 0.0225. The van der Waals surface area contributed by atoms with Crippen LogP contribution in [-0.2, 0) is 18.3 Å². The molecule has 3 heterocycles. The average Bonchev–Trinajstić information content (AvgIpc) is 2.81. The number of rotatable bonds is 4. The molecular formula is C17H25N5O. The van der Waals surface area contributed by atoms with E-state index >= 15 is 0 Å². The van der Waals surface area contributed by atoms with Gasteiger partial charge >= 0.3 is 0 Å². The monoisotopic (exact) mass is 315 g/mol. The first kappa shape index (κ1) is 16.0. The van der Waals surface area contributed by atoms with Crippen LogP contribution in [0.15, 0.2) is 18.2 Å². The Kier molecular flexibility index (Phi) is 4.63. The first-order valence-electron chi connectivity index (χ1n) is 8.06. The van der Waals surface area contributed by atoms with Crippen molar-refractivity contribution in [1.82, 2.24) is 19.7 Å². The Bertz CT molecular complexity index is 682. The van der Waals surface area contributed by atoms with Gasteiger partial charge in [0.25, 0.3) is 0 Å². The summed E-state index contributed by atoms with van der Waals surface area (Å²) in [7, 11) is 3.88. The Morgan fingerprint density at radius 1 is 1.35 bits per heavy atom. The van der Waals surface area contributed by atoms with Crippen molar-refractivity contribution in [1.29, 1.82) is 0 Å². The Morgan fingerprint density at radius 3 is 2.87 bits per heavy atom. The molecule has 0 bridgehead atoms. The molecule has 0 aromatic carbocycles. The quantitative estimate of drug-likeness (QED) is 0.936. The number of ether oxygens (including phenoxy) is 1. The number of pyridine rings is 1. The molecule has 6 heteroatoms. The highest BCUT2D eigenvalue weighted by molar-refractivity contribution is 5.35. The molecule has 1 aliphatic rings. The lowest BCUT2D eigenvalue weighted by molar-refractivity contribution is -0.0350. The van der Waals surface area contributed by atoms with Crippen molar-refractivity contribution < 1.29 is 4.74 Å². The molecular weight excluding hydrogens is 290 g/mol. The van der Waals surface area contributed by atoms with Crippen LogP contribution in [0.2, 0.25) is 0 Å². The summed E-state index contributed by atoms with van der Waals surface area (Å²) in [5.74, 6) is 0.877. The van der Waals surface area contributed by atoms with E-state index < -0.39 is 0 Å². The first-order valence-corrected chi connectivity index (χ1v) is 8.06. The third-order valence-electron chi connectivity index (χ3n) is 4.55. The Morgan fingerprint density at radius 2 is 2.17 bits per heavy atom. The predicted octanol–water partition coefficient (Wildman–Crippen LogP) is 2.05. The molecule has 1 atom stereocenters. The number of nitrogens with zero attached hydrogens (tertiary/aromatic N) is 4. The van der Waals surface area contributed by atoms with Gasteiger partial charge < -0.3 is 10.1 Å². The van der Waals surface area contributed by atoms with Crippen molar-refractivity contribution in [2.45, 2.75) is 26.5 Å². The number of aryl methyl sites for hydroxylation is 2. The van der Waals surface area contributed by atoms with Crippen LogP contribution in [0.25, 0.3) is 0 Å². The van der Waals surface area contributed by atoms with Gasteiger partial charge in [-0.2, -0.15) is 5.10 Å². The van der Waals surface area contributed by atoms with Gasteiger partial charge in [-0.1, -0.05) is 6.07 Å². The molecule has 2 aromatic rings. The van der Waals surface area contributed by atoms with E-state index in [1.165, 1.54) is 11.3 Å². The third-order valence-corrected chi connectivity index (χ3v) is 4.55. The molecule has 0 saturated carbocycles. The smallest absolute Gasteiger partial charge is 0.126 e. The van der Waals surface area contributed by atoms with E-state index in [9.17, 15) is 0 Å². The zero-order chi connectivity index (χ0) is 16.4. The number of anilines is 1. The van der Waals surface area contributed by atoms with Crippen LogP contribution in [-0.4, -0.2) is 46.4 Å². The lowest BCUT2D eigenvalue weighted by Crippen LogP contribution is -2.38. The maximum absolute atomic E-state index is 5.94. The SMILES string of the molecule is CNc1cccc([C@H]2CN(Cc3c(C)nn(C)c3C)CCO2)n1. The summed E-state index contributed by atoms with van der Waals surface area (Å²) in [5.41, 5.74) is 4.66. The lowest BCUT2D eigenvalue weighted by Gasteiger charge is -2.32. The standard InChI is InChI=1S/C17H25N5O/c1-12-14(13(2)21(4)20-12)10-22-8-9-23-16(11-22)15-6-5-7-17(18-3)19-15/h5-7,16H,8-11H2,1-4H3,(H,18,19)/t16-/m1/s1. The second kappa shape index (κ2) is 6.68. The van der Waals surface area contributed by atoms with Gasteiger partial charge in [-0.05, 0) is 26.0 Å². The molecule has 1 saturated heterocycles. The maximum Gasteiger partial charge on any atom is 0.126 e. The number of nitrogens with one attached hydrogen (secondary N) is 1. The number of morpholine rings is 1. The molecule has 0 spiro atoms. The van der Waals surface area contributed by atoms with Gasteiger partial charge in [0, 0.05) is 45.0 Å². The average molecular weight is 315 g/mol. The summed E-state index contributed by atoms with van der Waals surface area (Å²) >= 11 is 0. The van der Waals surface area contributed by atoms with E-state index in [0.717, 1.165) is 43.4 Å². The molecule has 1 fully saturated rings. The summed E-state index contributed by atoms with van der Waals surface area (Å²) < 4.78 is 7.90. The van der Waals surface area contributed by atoms with Crippen molar-refractivity contribution in [3.63, 3.8) is 0 Å². The van der Waals surface area contributed by atoms with Crippen molar-refractivity contribution in [2.24, 2.45) is 7.05 Å². The van der Waals surface area contributed by atoms with Crippen LogP contribution < -0.4 is 5.32 Å². The third kappa shape index (κ3) is 3.38. The van der Waals surface area contributed by atoms with E-state index in [2.05, 4.69) is 34.1 Å². The Hall–Kier alpha value is -1.92. The van der Waals surface area contributed by atoms with Crippen molar-refractivity contribution >= 4 is 5.82 Å². The van der Waals surface area contributed by atoms with Crippen molar-refractivity contribution in [2.75, 3.05) is 32.1 Å². The van der Waals surface area contributed by atoms with Gasteiger partial charge in [-0.25, -0.2) is 4.98 Å².